The van der Waals surface area contributed by atoms with Crippen molar-refractivity contribution in [2.24, 2.45) is 5.92 Å². The number of nitrogens with one attached hydrogen (secondary N) is 1. The predicted molar refractivity (Wildman–Crippen MR) is 152 cm³/mol. The molecule has 7 heteroatoms. The SMILES string of the molecule is CCC(c1nc2ccccc2c(=O)n1-c1ccc(C)c(C)c1)N(CC(C)C)C(=O)Nc1cccc(Cl)c1. The van der Waals surface area contributed by atoms with Gasteiger partial charge in [0.2, 0.25) is 0 Å². The van der Waals surface area contributed by atoms with E-state index in [-0.39, 0.29) is 17.5 Å². The van der Waals surface area contributed by atoms with Gasteiger partial charge in [0.1, 0.15) is 5.82 Å². The monoisotopic (exact) mass is 516 g/mol. The number of nitrogens with zero attached hydrogens (tertiary/aromatic N) is 3. The molecule has 1 unspecified atom stereocenters. The molecular weight excluding hydrogens is 484 g/mol. The fourth-order valence-corrected chi connectivity index (χ4v) is 4.73. The second-order valence-electron chi connectivity index (χ2n) is 9.81. The van der Waals surface area contributed by atoms with Crippen molar-refractivity contribution in [1.29, 1.82) is 0 Å². The first-order valence-electron chi connectivity index (χ1n) is 12.6. The van der Waals surface area contributed by atoms with Crippen LogP contribution in [-0.4, -0.2) is 27.0 Å². The summed E-state index contributed by atoms with van der Waals surface area (Å²) in [4.78, 5) is 34.3. The van der Waals surface area contributed by atoms with Gasteiger partial charge < -0.3 is 10.2 Å². The summed E-state index contributed by atoms with van der Waals surface area (Å²) in [5.41, 5.74) is 4.03. The van der Waals surface area contributed by atoms with Crippen LogP contribution in [0.15, 0.2) is 71.5 Å². The van der Waals surface area contributed by atoms with Gasteiger partial charge in [-0.15, -0.1) is 0 Å². The summed E-state index contributed by atoms with van der Waals surface area (Å²) in [6, 6.07) is 19.7. The standard InChI is InChI=1S/C30H33ClN4O2/c1-6-27(34(18-19(2)3)30(37)32-23-11-9-10-22(31)17-23)28-33-26-13-8-7-12-25(26)29(36)35(28)24-15-14-20(4)21(5)16-24/h7-17,19,27H,6,18H2,1-5H3,(H,32,37). The number of para-hydroxylation sites is 1. The average molecular weight is 517 g/mol. The second kappa shape index (κ2) is 11.2. The van der Waals surface area contributed by atoms with E-state index in [0.717, 1.165) is 16.8 Å². The molecule has 4 aromatic rings. The van der Waals surface area contributed by atoms with Gasteiger partial charge in [0.05, 0.1) is 22.6 Å². The van der Waals surface area contributed by atoms with Crippen molar-refractivity contribution in [3.63, 3.8) is 0 Å². The summed E-state index contributed by atoms with van der Waals surface area (Å²) in [5.74, 6) is 0.734. The van der Waals surface area contributed by atoms with Crippen LogP contribution in [0, 0.1) is 19.8 Å². The number of rotatable bonds is 7. The van der Waals surface area contributed by atoms with E-state index in [4.69, 9.17) is 16.6 Å². The maximum atomic E-state index is 13.9. The number of anilines is 1. The summed E-state index contributed by atoms with van der Waals surface area (Å²) in [6.07, 6.45) is 0.575. The summed E-state index contributed by atoms with van der Waals surface area (Å²) >= 11 is 6.15. The van der Waals surface area contributed by atoms with Crippen LogP contribution in [0.25, 0.3) is 16.6 Å². The molecule has 37 heavy (non-hydrogen) atoms. The van der Waals surface area contributed by atoms with Crippen LogP contribution in [-0.2, 0) is 0 Å². The highest BCUT2D eigenvalue weighted by Gasteiger charge is 2.30. The highest BCUT2D eigenvalue weighted by Crippen LogP contribution is 2.28. The number of fused-ring (bicyclic) bond motifs is 1. The molecule has 0 spiro atoms. The van der Waals surface area contributed by atoms with Gasteiger partial charge in [0.25, 0.3) is 5.56 Å². The van der Waals surface area contributed by atoms with Crippen LogP contribution >= 0.6 is 11.6 Å². The first-order chi connectivity index (χ1) is 17.7. The number of urea groups is 1. The van der Waals surface area contributed by atoms with Crippen molar-refractivity contribution < 1.29 is 4.79 Å². The summed E-state index contributed by atoms with van der Waals surface area (Å²) in [7, 11) is 0. The molecule has 4 rings (SSSR count). The molecule has 6 nitrogen and oxygen atoms in total. The van der Waals surface area contributed by atoms with Crippen molar-refractivity contribution >= 4 is 34.2 Å². The summed E-state index contributed by atoms with van der Waals surface area (Å²) < 4.78 is 1.67. The van der Waals surface area contributed by atoms with E-state index in [1.807, 2.05) is 57.2 Å². The molecule has 0 saturated carbocycles. The van der Waals surface area contributed by atoms with Crippen molar-refractivity contribution in [3.05, 3.63) is 99.1 Å². The number of aryl methyl sites for hydroxylation is 2. The smallest absolute Gasteiger partial charge is 0.314 e. The molecule has 1 atom stereocenters. The molecule has 2 amide bonds. The minimum absolute atomic E-state index is 0.151. The molecule has 1 aromatic heterocycles. The summed E-state index contributed by atoms with van der Waals surface area (Å²) in [5, 5.41) is 4.07. The molecule has 0 aliphatic carbocycles. The zero-order valence-corrected chi connectivity index (χ0v) is 22.7. The number of carbonyl (C=O) groups is 1. The van der Waals surface area contributed by atoms with E-state index in [1.165, 1.54) is 0 Å². The van der Waals surface area contributed by atoms with Crippen LogP contribution in [0.2, 0.25) is 5.02 Å². The van der Waals surface area contributed by atoms with Crippen molar-refractivity contribution in [2.75, 3.05) is 11.9 Å². The lowest BCUT2D eigenvalue weighted by atomic mass is 10.1. The molecular formula is C30H33ClN4O2. The number of benzene rings is 3. The van der Waals surface area contributed by atoms with Gasteiger partial charge in [-0.3, -0.25) is 9.36 Å². The van der Waals surface area contributed by atoms with Gasteiger partial charge in [-0.05, 0) is 79.8 Å². The van der Waals surface area contributed by atoms with E-state index in [2.05, 4.69) is 19.2 Å². The van der Waals surface area contributed by atoms with Crippen molar-refractivity contribution in [1.82, 2.24) is 14.5 Å². The lowest BCUT2D eigenvalue weighted by Crippen LogP contribution is -2.42. The Balaban J connectivity index is 1.90. The Hall–Kier alpha value is -3.64. The van der Waals surface area contributed by atoms with Gasteiger partial charge in [0, 0.05) is 17.3 Å². The van der Waals surface area contributed by atoms with E-state index in [1.54, 1.807) is 39.8 Å². The quantitative estimate of drug-likeness (QED) is 0.280. The first-order valence-corrected chi connectivity index (χ1v) is 13.0. The first kappa shape index (κ1) is 26.4. The zero-order valence-electron chi connectivity index (χ0n) is 22.0. The average Bonchev–Trinajstić information content (AvgIpc) is 2.86. The lowest BCUT2D eigenvalue weighted by Gasteiger charge is -2.33. The number of halogens is 1. The van der Waals surface area contributed by atoms with Crippen LogP contribution in [0.5, 0.6) is 0 Å². The molecule has 1 N–H and O–H groups in total. The molecule has 0 aliphatic rings. The molecule has 0 aliphatic heterocycles. The number of hydrogen-bond donors (Lipinski definition) is 1. The number of carbonyl (C=O) groups excluding carboxylic acids is 1. The van der Waals surface area contributed by atoms with Gasteiger partial charge in [-0.25, -0.2) is 9.78 Å². The Bertz CT molecular complexity index is 1490. The predicted octanol–water partition coefficient (Wildman–Crippen LogP) is 7.30. The fraction of sp³-hybridized carbons (Fsp3) is 0.300. The molecule has 0 bridgehead atoms. The molecule has 0 saturated heterocycles. The second-order valence-corrected chi connectivity index (χ2v) is 10.2. The summed E-state index contributed by atoms with van der Waals surface area (Å²) in [6.45, 7) is 10.7. The highest BCUT2D eigenvalue weighted by molar-refractivity contribution is 6.30. The van der Waals surface area contributed by atoms with E-state index >= 15 is 0 Å². The molecule has 192 valence electrons. The number of hydrogen-bond acceptors (Lipinski definition) is 3. The molecule has 0 radical (unpaired) electrons. The van der Waals surface area contributed by atoms with E-state index in [0.29, 0.717) is 40.4 Å². The molecule has 3 aromatic carbocycles. The largest absolute Gasteiger partial charge is 0.322 e. The zero-order chi connectivity index (χ0) is 26.7. The van der Waals surface area contributed by atoms with Gasteiger partial charge in [0.15, 0.2) is 0 Å². The topological polar surface area (TPSA) is 67.2 Å². The third-order valence-electron chi connectivity index (χ3n) is 6.51. The fourth-order valence-electron chi connectivity index (χ4n) is 4.54. The lowest BCUT2D eigenvalue weighted by molar-refractivity contribution is 0.171. The number of aromatic nitrogens is 2. The van der Waals surface area contributed by atoms with Crippen LogP contribution in [0.3, 0.4) is 0 Å². The Morgan fingerprint density at radius 2 is 1.78 bits per heavy atom. The maximum absolute atomic E-state index is 13.9. The third-order valence-corrected chi connectivity index (χ3v) is 6.74. The van der Waals surface area contributed by atoms with E-state index in [9.17, 15) is 9.59 Å². The molecule has 0 fully saturated rings. The Morgan fingerprint density at radius 1 is 1.03 bits per heavy atom. The molecule has 1 heterocycles. The maximum Gasteiger partial charge on any atom is 0.322 e. The van der Waals surface area contributed by atoms with Gasteiger partial charge in [-0.1, -0.05) is 56.6 Å². The number of amides is 2. The normalized spacial score (nSPS) is 12.1. The van der Waals surface area contributed by atoms with Gasteiger partial charge >= 0.3 is 6.03 Å². The van der Waals surface area contributed by atoms with Crippen molar-refractivity contribution in [3.8, 4) is 5.69 Å². The van der Waals surface area contributed by atoms with E-state index < -0.39 is 6.04 Å². The van der Waals surface area contributed by atoms with Crippen molar-refractivity contribution in [2.45, 2.75) is 47.1 Å². The minimum Gasteiger partial charge on any atom is -0.314 e. The Kier molecular flexibility index (Phi) is 7.98. The van der Waals surface area contributed by atoms with Crippen LogP contribution in [0.1, 0.15) is 50.2 Å². The highest BCUT2D eigenvalue weighted by atomic mass is 35.5. The van der Waals surface area contributed by atoms with Crippen LogP contribution in [0.4, 0.5) is 10.5 Å². The van der Waals surface area contributed by atoms with Crippen LogP contribution < -0.4 is 10.9 Å². The van der Waals surface area contributed by atoms with Gasteiger partial charge in [-0.2, -0.15) is 0 Å². The minimum atomic E-state index is -0.444. The Labute approximate surface area is 222 Å². The third kappa shape index (κ3) is 5.70. The Morgan fingerprint density at radius 3 is 2.46 bits per heavy atom.